The van der Waals surface area contributed by atoms with Crippen LogP contribution in [0.5, 0.6) is 0 Å². The topological polar surface area (TPSA) is 112 Å². The van der Waals surface area contributed by atoms with Gasteiger partial charge in [0.1, 0.15) is 0 Å². The number of nitrogens with one attached hydrogen (secondary N) is 1. The third-order valence-electron chi connectivity index (χ3n) is 5.87. The van der Waals surface area contributed by atoms with Crippen molar-refractivity contribution in [2.24, 2.45) is 0 Å². The zero-order valence-corrected chi connectivity index (χ0v) is 18.3. The highest BCUT2D eigenvalue weighted by Gasteiger charge is 2.30. The highest BCUT2D eigenvalue weighted by Crippen LogP contribution is 2.36. The smallest absolute Gasteiger partial charge is 0.333 e. The number of hydrogen-bond donors (Lipinski definition) is 2. The number of benzene rings is 3. The number of H-pyrrole nitrogens is 1. The van der Waals surface area contributed by atoms with E-state index in [1.54, 1.807) is 48.5 Å². The normalized spacial score (nSPS) is 16.4. The summed E-state index contributed by atoms with van der Waals surface area (Å²) in [5.41, 5.74) is 0.345. The molecule has 2 heterocycles. The van der Waals surface area contributed by atoms with Gasteiger partial charge in [-0.2, -0.15) is 0 Å². The molecule has 0 radical (unpaired) electrons. The molecular weight excluding hydrogens is 442 g/mol. The molecule has 0 aliphatic carbocycles. The van der Waals surface area contributed by atoms with Crippen LogP contribution >= 0.6 is 0 Å². The lowest BCUT2D eigenvalue weighted by molar-refractivity contribution is 0.168. The van der Waals surface area contributed by atoms with Crippen molar-refractivity contribution in [3.8, 4) is 5.69 Å². The Morgan fingerprint density at radius 2 is 1.70 bits per heavy atom. The summed E-state index contributed by atoms with van der Waals surface area (Å²) in [6, 6.07) is 19.3. The summed E-state index contributed by atoms with van der Waals surface area (Å²) in [4.78, 5) is 28.3. The van der Waals surface area contributed by atoms with E-state index in [9.17, 15) is 23.1 Å². The maximum Gasteiger partial charge on any atom is 0.333 e. The molecule has 0 saturated carbocycles. The molecule has 9 heteroatoms. The molecule has 5 rings (SSSR count). The average Bonchev–Trinajstić information content (AvgIpc) is 2.99. The summed E-state index contributed by atoms with van der Waals surface area (Å²) >= 11 is 0. The van der Waals surface area contributed by atoms with E-state index in [0.29, 0.717) is 35.0 Å². The molecule has 0 fully saturated rings. The zero-order valence-electron chi connectivity index (χ0n) is 17.5. The van der Waals surface area contributed by atoms with Crippen LogP contribution in [0.25, 0.3) is 16.6 Å². The number of para-hydroxylation sites is 2. The number of aromatic nitrogens is 2. The predicted molar refractivity (Wildman–Crippen MR) is 125 cm³/mol. The monoisotopic (exact) mass is 463 g/mol. The van der Waals surface area contributed by atoms with Crippen molar-refractivity contribution in [2.75, 3.05) is 10.8 Å². The standard InChI is InChI=1S/C24H21N3O5S/c28-22-13-6-14-26(21-12-4-2-10-19(21)22)33(31,32)17-8-5-7-16(15-17)27-23(29)18-9-1-3-11-20(18)25-24(27)30/h1-5,7-12,15,22,28H,6,13-14H2,(H,25,30). The molecule has 2 N–H and O–H groups in total. The number of aliphatic hydroxyl groups is 1. The Morgan fingerprint density at radius 1 is 0.939 bits per heavy atom. The molecule has 1 unspecified atom stereocenters. The van der Waals surface area contributed by atoms with Crippen LogP contribution in [0.1, 0.15) is 24.5 Å². The maximum atomic E-state index is 13.6. The third kappa shape index (κ3) is 3.55. The van der Waals surface area contributed by atoms with Gasteiger partial charge < -0.3 is 10.1 Å². The van der Waals surface area contributed by atoms with E-state index < -0.39 is 27.4 Å². The minimum absolute atomic E-state index is 0.0503. The SMILES string of the molecule is O=c1[nH]c2ccccc2c(=O)n1-c1cccc(S(=O)(=O)N2CCCC(O)c3ccccc32)c1. The first-order valence-electron chi connectivity index (χ1n) is 10.5. The number of anilines is 1. The molecule has 0 amide bonds. The highest BCUT2D eigenvalue weighted by molar-refractivity contribution is 7.92. The van der Waals surface area contributed by atoms with Crippen molar-refractivity contribution in [1.29, 1.82) is 0 Å². The number of nitrogens with zero attached hydrogens (tertiary/aromatic N) is 2. The summed E-state index contributed by atoms with van der Waals surface area (Å²) in [7, 11) is -4.03. The fraction of sp³-hybridized carbons (Fsp3) is 0.167. The van der Waals surface area contributed by atoms with Gasteiger partial charge in [-0.1, -0.05) is 36.4 Å². The summed E-state index contributed by atoms with van der Waals surface area (Å²) in [6.07, 6.45) is 0.186. The molecule has 4 aromatic rings. The first-order chi connectivity index (χ1) is 15.9. The van der Waals surface area contributed by atoms with Gasteiger partial charge in [0.2, 0.25) is 0 Å². The number of aromatic amines is 1. The van der Waals surface area contributed by atoms with Crippen molar-refractivity contribution < 1.29 is 13.5 Å². The van der Waals surface area contributed by atoms with Gasteiger partial charge in [0.15, 0.2) is 0 Å². The van der Waals surface area contributed by atoms with Crippen molar-refractivity contribution in [1.82, 2.24) is 9.55 Å². The molecule has 1 aliphatic rings. The number of sulfonamides is 1. The number of hydrogen-bond acceptors (Lipinski definition) is 5. The second kappa shape index (κ2) is 8.02. The number of rotatable bonds is 3. The Kier molecular flexibility index (Phi) is 5.15. The quantitative estimate of drug-likeness (QED) is 0.485. The Morgan fingerprint density at radius 3 is 2.55 bits per heavy atom. The first-order valence-corrected chi connectivity index (χ1v) is 12.0. The number of fused-ring (bicyclic) bond motifs is 2. The van der Waals surface area contributed by atoms with Crippen LogP contribution in [0.4, 0.5) is 5.69 Å². The minimum atomic E-state index is -4.03. The van der Waals surface area contributed by atoms with Crippen LogP contribution in [0, 0.1) is 0 Å². The summed E-state index contributed by atoms with van der Waals surface area (Å²) in [5.74, 6) is 0. The van der Waals surface area contributed by atoms with Gasteiger partial charge in [-0.05, 0) is 49.2 Å². The van der Waals surface area contributed by atoms with Crippen LogP contribution in [0.15, 0.2) is 87.3 Å². The van der Waals surface area contributed by atoms with Gasteiger partial charge in [0.05, 0.1) is 33.3 Å². The second-order valence-electron chi connectivity index (χ2n) is 7.91. The van der Waals surface area contributed by atoms with Gasteiger partial charge in [0.25, 0.3) is 15.6 Å². The van der Waals surface area contributed by atoms with Crippen LogP contribution in [-0.4, -0.2) is 29.6 Å². The molecule has 1 aromatic heterocycles. The molecule has 3 aromatic carbocycles. The van der Waals surface area contributed by atoms with Crippen molar-refractivity contribution >= 4 is 26.6 Å². The van der Waals surface area contributed by atoms with Gasteiger partial charge in [-0.15, -0.1) is 0 Å². The van der Waals surface area contributed by atoms with Gasteiger partial charge >= 0.3 is 5.69 Å². The van der Waals surface area contributed by atoms with Crippen LogP contribution < -0.4 is 15.6 Å². The molecular formula is C24H21N3O5S. The summed E-state index contributed by atoms with van der Waals surface area (Å²) < 4.78 is 29.5. The van der Waals surface area contributed by atoms with Gasteiger partial charge in [0, 0.05) is 12.1 Å². The molecule has 0 spiro atoms. The van der Waals surface area contributed by atoms with E-state index in [-0.39, 0.29) is 17.1 Å². The van der Waals surface area contributed by atoms with Crippen molar-refractivity contribution in [3.63, 3.8) is 0 Å². The third-order valence-corrected chi connectivity index (χ3v) is 7.68. The number of aliphatic hydroxyl groups excluding tert-OH is 1. The Balaban J connectivity index is 1.65. The molecule has 1 atom stereocenters. The predicted octanol–water partition coefficient (Wildman–Crippen LogP) is 2.70. The van der Waals surface area contributed by atoms with Gasteiger partial charge in [-0.3, -0.25) is 9.10 Å². The fourth-order valence-electron chi connectivity index (χ4n) is 4.26. The highest BCUT2D eigenvalue weighted by atomic mass is 32.2. The van der Waals surface area contributed by atoms with Crippen LogP contribution in [0.2, 0.25) is 0 Å². The maximum absolute atomic E-state index is 13.6. The molecule has 33 heavy (non-hydrogen) atoms. The molecule has 168 valence electrons. The minimum Gasteiger partial charge on any atom is -0.388 e. The van der Waals surface area contributed by atoms with Gasteiger partial charge in [-0.25, -0.2) is 17.8 Å². The van der Waals surface area contributed by atoms with E-state index >= 15 is 0 Å². The van der Waals surface area contributed by atoms with Crippen molar-refractivity contribution in [3.05, 3.63) is 99.2 Å². The Bertz CT molecular complexity index is 1590. The van der Waals surface area contributed by atoms with E-state index in [2.05, 4.69) is 4.98 Å². The van der Waals surface area contributed by atoms with E-state index in [0.717, 1.165) is 4.57 Å². The summed E-state index contributed by atoms with van der Waals surface area (Å²) in [6.45, 7) is 0.205. The average molecular weight is 464 g/mol. The lowest BCUT2D eigenvalue weighted by Crippen LogP contribution is -2.34. The van der Waals surface area contributed by atoms with E-state index in [1.807, 2.05) is 0 Å². The van der Waals surface area contributed by atoms with E-state index in [4.69, 9.17) is 0 Å². The molecule has 0 bridgehead atoms. The Hall–Kier alpha value is -3.69. The Labute approximate surface area is 189 Å². The summed E-state index contributed by atoms with van der Waals surface area (Å²) in [5, 5.41) is 10.8. The fourth-order valence-corrected chi connectivity index (χ4v) is 5.83. The van der Waals surface area contributed by atoms with Crippen LogP contribution in [0.3, 0.4) is 0 Å². The molecule has 1 aliphatic heterocycles. The first kappa shape index (κ1) is 21.2. The lowest BCUT2D eigenvalue weighted by Gasteiger charge is -2.25. The zero-order chi connectivity index (χ0) is 23.2. The lowest BCUT2D eigenvalue weighted by atomic mass is 10.1. The molecule has 0 saturated heterocycles. The second-order valence-corrected chi connectivity index (χ2v) is 9.77. The van der Waals surface area contributed by atoms with Crippen LogP contribution in [-0.2, 0) is 10.0 Å². The van der Waals surface area contributed by atoms with E-state index in [1.165, 1.54) is 28.6 Å². The largest absolute Gasteiger partial charge is 0.388 e. The molecule has 8 nitrogen and oxygen atoms in total. The van der Waals surface area contributed by atoms with Crippen molar-refractivity contribution in [2.45, 2.75) is 23.8 Å².